The summed E-state index contributed by atoms with van der Waals surface area (Å²) in [6, 6.07) is 11.9. The molecule has 0 radical (unpaired) electrons. The molecule has 1 heterocycles. The quantitative estimate of drug-likeness (QED) is 0.670. The molecule has 74 valence electrons. The Hall–Kier alpha value is -1.77. The average molecular weight is 197 g/mol. The molecule has 2 rings (SSSR count). The van der Waals surface area contributed by atoms with Gasteiger partial charge in [-0.1, -0.05) is 23.7 Å². The first kappa shape index (κ1) is 9.78. The van der Waals surface area contributed by atoms with E-state index in [2.05, 4.69) is 11.1 Å². The maximum Gasteiger partial charge on any atom is 0.141 e. The lowest BCUT2D eigenvalue weighted by Crippen LogP contribution is -2.02. The Kier molecular flexibility index (Phi) is 2.72. The van der Waals surface area contributed by atoms with Gasteiger partial charge in [0.15, 0.2) is 0 Å². The lowest BCUT2D eigenvalue weighted by atomic mass is 9.98. The zero-order chi connectivity index (χ0) is 10.7. The van der Waals surface area contributed by atoms with Gasteiger partial charge in [-0.15, -0.1) is 0 Å². The molecule has 0 N–H and O–H groups in total. The van der Waals surface area contributed by atoms with Gasteiger partial charge in [-0.3, -0.25) is 4.98 Å². The summed E-state index contributed by atoms with van der Waals surface area (Å²) in [5.74, 6) is 0.855. The number of para-hydroxylation sites is 1. The Morgan fingerprint density at radius 2 is 1.93 bits per heavy atom. The number of hydrogen-bond acceptors (Lipinski definition) is 2. The van der Waals surface area contributed by atoms with Crippen LogP contribution in [-0.2, 0) is 0 Å². The van der Waals surface area contributed by atoms with Crippen molar-refractivity contribution in [3.05, 3.63) is 42.6 Å². The summed E-state index contributed by atoms with van der Waals surface area (Å²) in [4.78, 5) is 4.38. The van der Waals surface area contributed by atoms with Gasteiger partial charge in [-0.25, -0.2) is 0 Å². The average Bonchev–Trinajstić information content (AvgIpc) is 2.30. The molecule has 0 aliphatic carbocycles. The third-order valence-electron chi connectivity index (χ3n) is 2.29. The summed E-state index contributed by atoms with van der Waals surface area (Å²) in [7, 11) is 3.70. The van der Waals surface area contributed by atoms with Crippen LogP contribution >= 0.6 is 0 Å². The Balaban J connectivity index is 2.49. The van der Waals surface area contributed by atoms with Crippen LogP contribution in [0.2, 0.25) is 0 Å². The minimum absolute atomic E-state index is 0.855. The van der Waals surface area contributed by atoms with Crippen LogP contribution in [0.5, 0.6) is 5.75 Å². The fraction of sp³-hybridized carbons (Fsp3) is 0.0833. The summed E-state index contributed by atoms with van der Waals surface area (Å²) in [6.07, 6.45) is 1.86. The minimum Gasteiger partial charge on any atom is -0.496 e. The van der Waals surface area contributed by atoms with Crippen LogP contribution in [0.4, 0.5) is 0 Å². The van der Waals surface area contributed by atoms with Gasteiger partial charge in [0.1, 0.15) is 13.6 Å². The first-order chi connectivity index (χ1) is 7.31. The van der Waals surface area contributed by atoms with E-state index in [0.717, 1.165) is 22.5 Å². The van der Waals surface area contributed by atoms with Crippen molar-refractivity contribution >= 4 is 13.3 Å². The van der Waals surface area contributed by atoms with Crippen molar-refractivity contribution in [3.63, 3.8) is 0 Å². The lowest BCUT2D eigenvalue weighted by Gasteiger charge is -2.07. The molecule has 0 bridgehead atoms. The largest absolute Gasteiger partial charge is 0.496 e. The van der Waals surface area contributed by atoms with Crippen LogP contribution in [0.1, 0.15) is 0 Å². The van der Waals surface area contributed by atoms with Gasteiger partial charge >= 0.3 is 0 Å². The van der Waals surface area contributed by atoms with Crippen molar-refractivity contribution in [2.75, 3.05) is 7.11 Å². The number of benzene rings is 1. The van der Waals surface area contributed by atoms with Gasteiger partial charge in [0.2, 0.25) is 0 Å². The Morgan fingerprint density at radius 1 is 1.13 bits per heavy atom. The van der Waals surface area contributed by atoms with Crippen LogP contribution in [0.3, 0.4) is 0 Å². The highest BCUT2D eigenvalue weighted by Gasteiger charge is 2.04. The van der Waals surface area contributed by atoms with Crippen molar-refractivity contribution in [3.8, 4) is 17.0 Å². The van der Waals surface area contributed by atoms with Crippen LogP contribution in [-0.4, -0.2) is 19.9 Å². The summed E-state index contributed by atoms with van der Waals surface area (Å²) < 4.78 is 5.29. The van der Waals surface area contributed by atoms with E-state index >= 15 is 0 Å². The standard InChI is InChI=1S/C12H12BNO/c1-15-12-5-3-2-4-10(12)11-7-6-9(13)8-14-11/h2-8H,13H2,1H3. The SMILES string of the molecule is Bc1ccc(-c2ccccc2OC)nc1. The van der Waals surface area contributed by atoms with Crippen molar-refractivity contribution in [2.24, 2.45) is 0 Å². The molecular weight excluding hydrogens is 185 g/mol. The summed E-state index contributed by atoms with van der Waals surface area (Å²) in [5.41, 5.74) is 3.13. The van der Waals surface area contributed by atoms with Gasteiger partial charge in [0, 0.05) is 11.8 Å². The van der Waals surface area contributed by atoms with E-state index in [9.17, 15) is 0 Å². The van der Waals surface area contributed by atoms with Crippen molar-refractivity contribution in [1.82, 2.24) is 4.98 Å². The first-order valence-corrected chi connectivity index (χ1v) is 4.87. The second-order valence-electron chi connectivity index (χ2n) is 3.42. The van der Waals surface area contributed by atoms with Gasteiger partial charge in [0.05, 0.1) is 12.8 Å². The van der Waals surface area contributed by atoms with Gasteiger partial charge in [-0.2, -0.15) is 0 Å². The van der Waals surface area contributed by atoms with Crippen molar-refractivity contribution < 1.29 is 4.74 Å². The molecule has 1 aromatic carbocycles. The Morgan fingerprint density at radius 3 is 2.60 bits per heavy atom. The summed E-state index contributed by atoms with van der Waals surface area (Å²) in [5, 5.41) is 0. The van der Waals surface area contributed by atoms with E-state index in [0.29, 0.717) is 0 Å². The molecule has 0 aliphatic rings. The van der Waals surface area contributed by atoms with E-state index in [1.54, 1.807) is 7.11 Å². The van der Waals surface area contributed by atoms with E-state index in [1.165, 1.54) is 0 Å². The monoisotopic (exact) mass is 197 g/mol. The number of ether oxygens (including phenoxy) is 1. The Bertz CT molecular complexity index is 453. The van der Waals surface area contributed by atoms with Crippen LogP contribution < -0.4 is 10.2 Å². The molecule has 15 heavy (non-hydrogen) atoms. The highest BCUT2D eigenvalue weighted by molar-refractivity contribution is 6.32. The molecule has 3 heteroatoms. The molecule has 0 unspecified atom stereocenters. The molecule has 0 saturated carbocycles. The summed E-state index contributed by atoms with van der Waals surface area (Å²) in [6.45, 7) is 0. The van der Waals surface area contributed by atoms with Crippen LogP contribution in [0, 0.1) is 0 Å². The van der Waals surface area contributed by atoms with Gasteiger partial charge < -0.3 is 4.74 Å². The zero-order valence-corrected chi connectivity index (χ0v) is 8.90. The second-order valence-corrected chi connectivity index (χ2v) is 3.42. The predicted octanol–water partition coefficient (Wildman–Crippen LogP) is 1.02. The van der Waals surface area contributed by atoms with Crippen molar-refractivity contribution in [1.29, 1.82) is 0 Å². The molecule has 0 saturated heterocycles. The summed E-state index contributed by atoms with van der Waals surface area (Å²) >= 11 is 0. The molecule has 0 aliphatic heterocycles. The number of hydrogen-bond donors (Lipinski definition) is 0. The molecule has 0 amide bonds. The van der Waals surface area contributed by atoms with E-state index in [1.807, 2.05) is 44.4 Å². The molecule has 1 aromatic heterocycles. The lowest BCUT2D eigenvalue weighted by molar-refractivity contribution is 0.416. The third-order valence-corrected chi connectivity index (χ3v) is 2.29. The van der Waals surface area contributed by atoms with Crippen molar-refractivity contribution in [2.45, 2.75) is 0 Å². The van der Waals surface area contributed by atoms with Gasteiger partial charge in [-0.05, 0) is 18.2 Å². The topological polar surface area (TPSA) is 22.1 Å². The predicted molar refractivity (Wildman–Crippen MR) is 64.4 cm³/mol. The van der Waals surface area contributed by atoms with E-state index in [-0.39, 0.29) is 0 Å². The molecule has 0 fully saturated rings. The molecule has 0 spiro atoms. The number of pyridine rings is 1. The number of methoxy groups -OCH3 is 1. The Labute approximate surface area is 90.3 Å². The zero-order valence-electron chi connectivity index (χ0n) is 8.90. The minimum atomic E-state index is 0.855. The number of aromatic nitrogens is 1. The first-order valence-electron chi connectivity index (χ1n) is 4.87. The third kappa shape index (κ3) is 2.01. The van der Waals surface area contributed by atoms with E-state index in [4.69, 9.17) is 4.74 Å². The number of nitrogens with zero attached hydrogens (tertiary/aromatic N) is 1. The van der Waals surface area contributed by atoms with Crippen LogP contribution in [0.25, 0.3) is 11.3 Å². The normalized spacial score (nSPS) is 9.93. The second kappa shape index (κ2) is 4.17. The highest BCUT2D eigenvalue weighted by atomic mass is 16.5. The highest BCUT2D eigenvalue weighted by Crippen LogP contribution is 2.26. The van der Waals surface area contributed by atoms with Crippen LogP contribution in [0.15, 0.2) is 42.6 Å². The maximum atomic E-state index is 5.29. The smallest absolute Gasteiger partial charge is 0.141 e. The van der Waals surface area contributed by atoms with E-state index < -0.39 is 0 Å². The molecule has 2 nitrogen and oxygen atoms in total. The fourth-order valence-electron chi connectivity index (χ4n) is 1.48. The molecule has 0 atom stereocenters. The molecule has 2 aromatic rings. The van der Waals surface area contributed by atoms with Gasteiger partial charge in [0.25, 0.3) is 0 Å². The fourth-order valence-corrected chi connectivity index (χ4v) is 1.48. The number of rotatable bonds is 2. The maximum absolute atomic E-state index is 5.29. The molecular formula is C12H12BNO.